The number of aromatic nitrogens is 2. The molecule has 0 aromatic carbocycles. The van der Waals surface area contributed by atoms with Gasteiger partial charge in [-0.15, -0.1) is 10.2 Å². The molecule has 1 saturated carbocycles. The van der Waals surface area contributed by atoms with E-state index in [2.05, 4.69) is 15.5 Å². The zero-order valence-electron chi connectivity index (χ0n) is 10.3. The highest BCUT2D eigenvalue weighted by molar-refractivity contribution is 7.90. The lowest BCUT2D eigenvalue weighted by molar-refractivity contribution is -0.141. The fraction of sp³-hybridized carbons (Fsp3) is 0.600. The number of anilines is 1. The molecule has 0 spiro atoms. The third kappa shape index (κ3) is 2.85. The Bertz CT molecular complexity index is 582. The summed E-state index contributed by atoms with van der Waals surface area (Å²) < 4.78 is 58.8. The van der Waals surface area contributed by atoms with Crippen LogP contribution in [0.3, 0.4) is 0 Å². The summed E-state index contributed by atoms with van der Waals surface area (Å²) in [6.45, 7) is 0.00583. The number of alkyl halides is 3. The quantitative estimate of drug-likeness (QED) is 0.868. The average molecular weight is 310 g/mol. The third-order valence-electron chi connectivity index (χ3n) is 3.41. The van der Waals surface area contributed by atoms with E-state index in [4.69, 9.17) is 5.14 Å². The van der Waals surface area contributed by atoms with E-state index in [1.54, 1.807) is 0 Å². The molecule has 0 aliphatic heterocycles. The number of halogens is 3. The maximum Gasteiger partial charge on any atom is 0.435 e. The monoisotopic (exact) mass is 310 g/mol. The maximum absolute atomic E-state index is 12.3. The van der Waals surface area contributed by atoms with Crippen LogP contribution >= 0.6 is 0 Å². The van der Waals surface area contributed by atoms with Crippen molar-refractivity contribution in [2.24, 2.45) is 5.14 Å². The Hall–Kier alpha value is -1.42. The molecular weight excluding hydrogens is 297 g/mol. The first-order chi connectivity index (χ1) is 9.14. The molecule has 0 radical (unpaired) electrons. The third-order valence-corrected chi connectivity index (χ3v) is 5.17. The predicted octanol–water partition coefficient (Wildman–Crippen LogP) is 1.12. The van der Waals surface area contributed by atoms with Gasteiger partial charge in [-0.25, -0.2) is 13.6 Å². The Morgan fingerprint density at radius 3 is 2.30 bits per heavy atom. The van der Waals surface area contributed by atoms with Gasteiger partial charge in [0.05, 0.1) is 0 Å². The summed E-state index contributed by atoms with van der Waals surface area (Å²) in [5.74, 6) is 0.0768. The lowest BCUT2D eigenvalue weighted by Crippen LogP contribution is -2.53. The lowest BCUT2D eigenvalue weighted by atomic mass is 9.84. The molecule has 0 bridgehead atoms. The van der Waals surface area contributed by atoms with Gasteiger partial charge in [0.15, 0.2) is 5.69 Å². The molecule has 1 fully saturated rings. The van der Waals surface area contributed by atoms with Crippen LogP contribution in [0.25, 0.3) is 0 Å². The minimum Gasteiger partial charge on any atom is -0.367 e. The van der Waals surface area contributed by atoms with Crippen molar-refractivity contribution in [3.8, 4) is 0 Å². The second-order valence-electron chi connectivity index (χ2n) is 4.74. The van der Waals surface area contributed by atoms with E-state index in [1.165, 1.54) is 0 Å². The van der Waals surface area contributed by atoms with Crippen LogP contribution in [0.2, 0.25) is 0 Å². The van der Waals surface area contributed by atoms with E-state index in [1.807, 2.05) is 0 Å². The van der Waals surface area contributed by atoms with Gasteiger partial charge in [-0.05, 0) is 25.0 Å². The normalized spacial score (nSPS) is 18.4. The highest BCUT2D eigenvalue weighted by Crippen LogP contribution is 2.38. The molecule has 1 aliphatic rings. The van der Waals surface area contributed by atoms with Gasteiger partial charge in [0.1, 0.15) is 10.6 Å². The Balaban J connectivity index is 2.05. The van der Waals surface area contributed by atoms with Gasteiger partial charge in [-0.1, -0.05) is 6.42 Å². The summed E-state index contributed by atoms with van der Waals surface area (Å²) in [6, 6.07) is 1.88. The van der Waals surface area contributed by atoms with Crippen molar-refractivity contribution < 1.29 is 21.6 Å². The minimum absolute atomic E-state index is 0.00583. The minimum atomic E-state index is -4.55. The first-order valence-electron chi connectivity index (χ1n) is 5.81. The fourth-order valence-corrected chi connectivity index (χ4v) is 3.09. The smallest absolute Gasteiger partial charge is 0.367 e. The Kier molecular flexibility index (Phi) is 3.63. The van der Waals surface area contributed by atoms with E-state index in [0.717, 1.165) is 18.6 Å². The summed E-state index contributed by atoms with van der Waals surface area (Å²) in [5, 5.41) is 14.3. The fourth-order valence-electron chi connectivity index (χ4n) is 1.96. The van der Waals surface area contributed by atoms with Gasteiger partial charge in [0.25, 0.3) is 0 Å². The van der Waals surface area contributed by atoms with Crippen molar-refractivity contribution in [2.45, 2.75) is 30.2 Å². The molecule has 1 aliphatic carbocycles. The standard InChI is InChI=1S/C10H13F3N4O2S/c11-10(12,13)7-2-3-8(17-16-7)15-6-9(4-1-5-9)20(14,18)19/h2-3H,1,4-6H2,(H,15,17)(H2,14,18,19). The highest BCUT2D eigenvalue weighted by atomic mass is 32.2. The van der Waals surface area contributed by atoms with Crippen LogP contribution in [0.15, 0.2) is 12.1 Å². The second-order valence-corrected chi connectivity index (χ2v) is 6.69. The molecule has 1 aromatic rings. The molecule has 0 unspecified atom stereocenters. The van der Waals surface area contributed by atoms with Crippen LogP contribution in [0.1, 0.15) is 25.0 Å². The summed E-state index contributed by atoms with van der Waals surface area (Å²) in [5.41, 5.74) is -1.10. The molecule has 0 atom stereocenters. The maximum atomic E-state index is 12.3. The van der Waals surface area contributed by atoms with Crippen LogP contribution in [0, 0.1) is 0 Å². The van der Waals surface area contributed by atoms with Crippen molar-refractivity contribution in [3.63, 3.8) is 0 Å². The van der Waals surface area contributed by atoms with Crippen molar-refractivity contribution in [3.05, 3.63) is 17.8 Å². The van der Waals surface area contributed by atoms with Gasteiger partial charge in [-0.2, -0.15) is 13.2 Å². The van der Waals surface area contributed by atoms with Crippen LogP contribution in [0.4, 0.5) is 19.0 Å². The zero-order valence-corrected chi connectivity index (χ0v) is 11.1. The summed E-state index contributed by atoms with van der Waals surface area (Å²) in [6.07, 6.45) is -2.96. The number of nitrogens with zero attached hydrogens (tertiary/aromatic N) is 2. The summed E-state index contributed by atoms with van der Waals surface area (Å²) in [4.78, 5) is 0. The first-order valence-corrected chi connectivity index (χ1v) is 7.36. The van der Waals surface area contributed by atoms with Gasteiger partial charge in [-0.3, -0.25) is 0 Å². The molecule has 2 rings (SSSR count). The number of rotatable bonds is 4. The molecule has 1 aromatic heterocycles. The van der Waals surface area contributed by atoms with Crippen molar-refractivity contribution in [1.29, 1.82) is 0 Å². The summed E-state index contributed by atoms with van der Waals surface area (Å²) in [7, 11) is -3.72. The van der Waals surface area contributed by atoms with Gasteiger partial charge >= 0.3 is 6.18 Å². The van der Waals surface area contributed by atoms with Gasteiger partial charge in [0, 0.05) is 6.54 Å². The Labute approximate surface area is 113 Å². The van der Waals surface area contributed by atoms with Crippen LogP contribution in [0.5, 0.6) is 0 Å². The van der Waals surface area contributed by atoms with Crippen LogP contribution in [-0.2, 0) is 16.2 Å². The Morgan fingerprint density at radius 2 is 1.95 bits per heavy atom. The Morgan fingerprint density at radius 1 is 1.30 bits per heavy atom. The number of hydrogen-bond donors (Lipinski definition) is 2. The number of nitrogens with two attached hydrogens (primary N) is 1. The largest absolute Gasteiger partial charge is 0.435 e. The lowest BCUT2D eigenvalue weighted by Gasteiger charge is -2.39. The molecule has 20 heavy (non-hydrogen) atoms. The van der Waals surface area contributed by atoms with E-state index >= 15 is 0 Å². The van der Waals surface area contributed by atoms with Crippen molar-refractivity contribution in [2.75, 3.05) is 11.9 Å². The van der Waals surface area contributed by atoms with Gasteiger partial charge in [0.2, 0.25) is 10.0 Å². The average Bonchev–Trinajstić information content (AvgIpc) is 2.25. The number of nitrogens with one attached hydrogen (secondary N) is 1. The zero-order chi connectivity index (χ0) is 15.0. The molecule has 1 heterocycles. The van der Waals surface area contributed by atoms with E-state index < -0.39 is 26.6 Å². The molecule has 6 nitrogen and oxygen atoms in total. The molecule has 10 heteroatoms. The number of hydrogen-bond acceptors (Lipinski definition) is 5. The molecule has 0 saturated heterocycles. The van der Waals surface area contributed by atoms with E-state index in [0.29, 0.717) is 12.8 Å². The SMILES string of the molecule is NS(=O)(=O)C1(CNc2ccc(C(F)(F)F)nn2)CCC1. The van der Waals surface area contributed by atoms with Gasteiger partial charge < -0.3 is 5.32 Å². The number of sulfonamides is 1. The van der Waals surface area contributed by atoms with Crippen molar-refractivity contribution >= 4 is 15.8 Å². The molecule has 112 valence electrons. The first kappa shape index (κ1) is 15.0. The topological polar surface area (TPSA) is 98.0 Å². The predicted molar refractivity (Wildman–Crippen MR) is 65.2 cm³/mol. The van der Waals surface area contributed by atoms with Crippen molar-refractivity contribution in [1.82, 2.24) is 10.2 Å². The molecule has 3 N–H and O–H groups in total. The number of primary sulfonamides is 1. The van der Waals surface area contributed by atoms with Crippen LogP contribution in [-0.4, -0.2) is 29.9 Å². The van der Waals surface area contributed by atoms with E-state index in [-0.39, 0.29) is 12.4 Å². The highest BCUT2D eigenvalue weighted by Gasteiger charge is 2.47. The molecule has 0 amide bonds. The van der Waals surface area contributed by atoms with E-state index in [9.17, 15) is 21.6 Å². The van der Waals surface area contributed by atoms with Crippen LogP contribution < -0.4 is 10.5 Å². The summed E-state index contributed by atoms with van der Waals surface area (Å²) >= 11 is 0. The molecular formula is C10H13F3N4O2S. The second kappa shape index (κ2) is 4.85.